The Morgan fingerprint density at radius 1 is 1.22 bits per heavy atom. The molecule has 0 aliphatic carbocycles. The van der Waals surface area contributed by atoms with Crippen molar-refractivity contribution >= 4 is 17.1 Å². The molecule has 0 amide bonds. The molecule has 3 nitrogen and oxygen atoms in total. The van der Waals surface area contributed by atoms with Gasteiger partial charge in [-0.05, 0) is 31.5 Å². The lowest BCUT2D eigenvalue weighted by Gasteiger charge is -2.21. The van der Waals surface area contributed by atoms with Crippen LogP contribution in [0.3, 0.4) is 0 Å². The first-order chi connectivity index (χ1) is 8.72. The maximum absolute atomic E-state index is 4.28. The lowest BCUT2D eigenvalue weighted by atomic mass is 10.2. The predicted octanol–water partition coefficient (Wildman–Crippen LogP) is 3.59. The van der Waals surface area contributed by atoms with Gasteiger partial charge in [0.25, 0.3) is 0 Å². The second-order valence-electron chi connectivity index (χ2n) is 4.31. The molecule has 1 N–H and O–H groups in total. The summed E-state index contributed by atoms with van der Waals surface area (Å²) in [7, 11) is 2.06. The van der Waals surface area contributed by atoms with Crippen molar-refractivity contribution < 1.29 is 0 Å². The fourth-order valence-electron chi connectivity index (χ4n) is 1.99. The van der Waals surface area contributed by atoms with Crippen molar-refractivity contribution in [2.75, 3.05) is 23.8 Å². The summed E-state index contributed by atoms with van der Waals surface area (Å²) >= 11 is 0. The minimum atomic E-state index is 0.902. The van der Waals surface area contributed by atoms with Crippen molar-refractivity contribution in [3.8, 4) is 0 Å². The SMILES string of the molecule is CCNc1cncc(N(C)c2ccccc2C)c1. The second kappa shape index (κ2) is 5.54. The smallest absolute Gasteiger partial charge is 0.0615 e. The molecular formula is C15H19N3. The Bertz CT molecular complexity index is 523. The highest BCUT2D eigenvalue weighted by molar-refractivity contribution is 5.67. The van der Waals surface area contributed by atoms with Crippen molar-refractivity contribution in [3.63, 3.8) is 0 Å². The highest BCUT2D eigenvalue weighted by atomic mass is 15.1. The van der Waals surface area contributed by atoms with Crippen LogP contribution < -0.4 is 10.2 Å². The molecule has 0 spiro atoms. The van der Waals surface area contributed by atoms with E-state index in [0.717, 1.165) is 17.9 Å². The number of rotatable bonds is 4. The monoisotopic (exact) mass is 241 g/mol. The van der Waals surface area contributed by atoms with E-state index in [0.29, 0.717) is 0 Å². The number of hydrogen-bond donors (Lipinski definition) is 1. The molecule has 0 atom stereocenters. The number of aromatic nitrogens is 1. The number of anilines is 3. The predicted molar refractivity (Wildman–Crippen MR) is 77.6 cm³/mol. The average molecular weight is 241 g/mol. The number of nitrogens with one attached hydrogen (secondary N) is 1. The van der Waals surface area contributed by atoms with Gasteiger partial charge in [-0.15, -0.1) is 0 Å². The lowest BCUT2D eigenvalue weighted by Crippen LogP contribution is -2.11. The minimum Gasteiger partial charge on any atom is -0.384 e. The summed E-state index contributed by atoms with van der Waals surface area (Å²) in [5.41, 5.74) is 4.60. The number of benzene rings is 1. The number of hydrogen-bond acceptors (Lipinski definition) is 3. The van der Waals surface area contributed by atoms with Crippen molar-refractivity contribution in [3.05, 3.63) is 48.3 Å². The standard InChI is InChI=1S/C15H19N3/c1-4-17-13-9-14(11-16-10-13)18(3)15-8-6-5-7-12(15)2/h5-11,17H,4H2,1-3H3. The summed E-state index contributed by atoms with van der Waals surface area (Å²) in [6, 6.07) is 10.5. The zero-order valence-corrected chi connectivity index (χ0v) is 11.1. The average Bonchev–Trinajstić information content (AvgIpc) is 2.39. The normalized spacial score (nSPS) is 10.2. The molecule has 94 valence electrons. The van der Waals surface area contributed by atoms with E-state index < -0.39 is 0 Å². The van der Waals surface area contributed by atoms with E-state index in [4.69, 9.17) is 0 Å². The Balaban J connectivity index is 2.31. The Labute approximate surface area is 108 Å². The summed E-state index contributed by atoms with van der Waals surface area (Å²) in [4.78, 5) is 6.43. The largest absolute Gasteiger partial charge is 0.384 e. The molecule has 0 saturated heterocycles. The Kier molecular flexibility index (Phi) is 3.82. The fourth-order valence-corrected chi connectivity index (χ4v) is 1.99. The molecule has 1 aromatic carbocycles. The first-order valence-corrected chi connectivity index (χ1v) is 6.20. The summed E-state index contributed by atoms with van der Waals surface area (Å²) in [6.45, 7) is 5.10. The zero-order valence-electron chi connectivity index (χ0n) is 11.1. The summed E-state index contributed by atoms with van der Waals surface area (Å²) in [6.07, 6.45) is 3.73. The van der Waals surface area contributed by atoms with Crippen LogP contribution in [-0.2, 0) is 0 Å². The molecule has 0 bridgehead atoms. The molecular weight excluding hydrogens is 222 g/mol. The highest BCUT2D eigenvalue weighted by Gasteiger charge is 2.07. The third-order valence-electron chi connectivity index (χ3n) is 2.97. The zero-order chi connectivity index (χ0) is 13.0. The van der Waals surface area contributed by atoms with Crippen LogP contribution in [0.4, 0.5) is 17.1 Å². The van der Waals surface area contributed by atoms with Crippen LogP contribution in [0, 0.1) is 6.92 Å². The van der Waals surface area contributed by atoms with Crippen LogP contribution in [0.1, 0.15) is 12.5 Å². The van der Waals surface area contributed by atoms with Crippen molar-refractivity contribution in [1.29, 1.82) is 0 Å². The van der Waals surface area contributed by atoms with Gasteiger partial charge >= 0.3 is 0 Å². The van der Waals surface area contributed by atoms with E-state index in [1.807, 2.05) is 12.4 Å². The summed E-state index contributed by atoms with van der Waals surface area (Å²) in [5, 5.41) is 3.28. The van der Waals surface area contributed by atoms with Gasteiger partial charge in [0.2, 0.25) is 0 Å². The molecule has 0 fully saturated rings. The lowest BCUT2D eigenvalue weighted by molar-refractivity contribution is 1.14. The fraction of sp³-hybridized carbons (Fsp3) is 0.267. The topological polar surface area (TPSA) is 28.2 Å². The van der Waals surface area contributed by atoms with Crippen molar-refractivity contribution in [1.82, 2.24) is 4.98 Å². The quantitative estimate of drug-likeness (QED) is 0.886. The van der Waals surface area contributed by atoms with Gasteiger partial charge in [-0.1, -0.05) is 18.2 Å². The van der Waals surface area contributed by atoms with Gasteiger partial charge in [0.15, 0.2) is 0 Å². The number of aryl methyl sites for hydroxylation is 1. The van der Waals surface area contributed by atoms with Crippen LogP contribution in [0.2, 0.25) is 0 Å². The molecule has 0 unspecified atom stereocenters. The molecule has 1 heterocycles. The molecule has 3 heteroatoms. The first-order valence-electron chi connectivity index (χ1n) is 6.20. The number of para-hydroxylation sites is 1. The van der Waals surface area contributed by atoms with Gasteiger partial charge in [-0.25, -0.2) is 0 Å². The first kappa shape index (κ1) is 12.4. The van der Waals surface area contributed by atoms with Gasteiger partial charge in [0, 0.05) is 19.3 Å². The van der Waals surface area contributed by atoms with Crippen LogP contribution in [-0.4, -0.2) is 18.6 Å². The number of pyridine rings is 1. The van der Waals surface area contributed by atoms with Crippen LogP contribution in [0.15, 0.2) is 42.7 Å². The molecule has 1 aromatic heterocycles. The summed E-state index contributed by atoms with van der Waals surface area (Å²) in [5.74, 6) is 0. The third kappa shape index (κ3) is 2.62. The Morgan fingerprint density at radius 2 is 2.00 bits per heavy atom. The molecule has 0 aliphatic heterocycles. The minimum absolute atomic E-state index is 0.902. The molecule has 18 heavy (non-hydrogen) atoms. The Hall–Kier alpha value is -2.03. The maximum Gasteiger partial charge on any atom is 0.0615 e. The van der Waals surface area contributed by atoms with Crippen molar-refractivity contribution in [2.24, 2.45) is 0 Å². The van der Waals surface area contributed by atoms with Crippen LogP contribution in [0.25, 0.3) is 0 Å². The third-order valence-corrected chi connectivity index (χ3v) is 2.97. The van der Waals surface area contributed by atoms with Gasteiger partial charge in [0.1, 0.15) is 0 Å². The molecule has 0 aliphatic rings. The van der Waals surface area contributed by atoms with E-state index in [9.17, 15) is 0 Å². The van der Waals surface area contributed by atoms with Gasteiger partial charge in [0.05, 0.1) is 23.8 Å². The molecule has 0 saturated carbocycles. The van der Waals surface area contributed by atoms with Crippen LogP contribution >= 0.6 is 0 Å². The van der Waals surface area contributed by atoms with E-state index in [-0.39, 0.29) is 0 Å². The van der Waals surface area contributed by atoms with E-state index in [1.54, 1.807) is 0 Å². The number of nitrogens with zero attached hydrogens (tertiary/aromatic N) is 2. The second-order valence-corrected chi connectivity index (χ2v) is 4.31. The highest BCUT2D eigenvalue weighted by Crippen LogP contribution is 2.27. The maximum atomic E-state index is 4.28. The van der Waals surface area contributed by atoms with Gasteiger partial charge in [-0.2, -0.15) is 0 Å². The van der Waals surface area contributed by atoms with E-state index in [2.05, 4.69) is 66.4 Å². The van der Waals surface area contributed by atoms with E-state index >= 15 is 0 Å². The van der Waals surface area contributed by atoms with E-state index in [1.165, 1.54) is 11.3 Å². The van der Waals surface area contributed by atoms with Gasteiger partial charge in [-0.3, -0.25) is 4.98 Å². The summed E-state index contributed by atoms with van der Waals surface area (Å²) < 4.78 is 0. The van der Waals surface area contributed by atoms with Gasteiger partial charge < -0.3 is 10.2 Å². The Morgan fingerprint density at radius 3 is 2.72 bits per heavy atom. The molecule has 0 radical (unpaired) electrons. The van der Waals surface area contributed by atoms with Crippen molar-refractivity contribution in [2.45, 2.75) is 13.8 Å². The van der Waals surface area contributed by atoms with Crippen LogP contribution in [0.5, 0.6) is 0 Å². The molecule has 2 rings (SSSR count). The molecule has 2 aromatic rings.